The summed E-state index contributed by atoms with van der Waals surface area (Å²) in [4.78, 5) is 8.91. The van der Waals surface area contributed by atoms with Crippen molar-refractivity contribution in [2.45, 2.75) is 12.6 Å². The molecule has 0 saturated heterocycles. The lowest BCUT2D eigenvalue weighted by Crippen LogP contribution is -2.23. The molecule has 0 amide bonds. The van der Waals surface area contributed by atoms with Gasteiger partial charge in [0.2, 0.25) is 5.89 Å². The number of rotatable bonds is 6. The molecule has 0 fully saturated rings. The van der Waals surface area contributed by atoms with Crippen molar-refractivity contribution in [3.63, 3.8) is 0 Å². The van der Waals surface area contributed by atoms with Crippen LogP contribution in [-0.4, -0.2) is 9.97 Å². The minimum atomic E-state index is -0.0236. The van der Waals surface area contributed by atoms with Gasteiger partial charge in [-0.3, -0.25) is 10.3 Å². The zero-order valence-corrected chi connectivity index (χ0v) is 14.2. The van der Waals surface area contributed by atoms with E-state index in [2.05, 4.69) is 27.4 Å². The molecule has 4 aromatic rings. The van der Waals surface area contributed by atoms with Crippen molar-refractivity contribution >= 4 is 0 Å². The molecule has 0 radical (unpaired) electrons. The number of pyridine rings is 1. The molecule has 0 aliphatic carbocycles. The summed E-state index contributed by atoms with van der Waals surface area (Å²) >= 11 is 0. The smallest absolute Gasteiger partial charge is 0.208 e. The minimum absolute atomic E-state index is 0.0236. The van der Waals surface area contributed by atoms with E-state index in [1.807, 2.05) is 72.9 Å². The Morgan fingerprint density at radius 1 is 0.808 bits per heavy atom. The van der Waals surface area contributed by atoms with Gasteiger partial charge in [-0.2, -0.15) is 0 Å². The Balaban J connectivity index is 1.53. The Hall–Kier alpha value is -3.24. The molecule has 2 aromatic carbocycles. The molecule has 0 bridgehead atoms. The van der Waals surface area contributed by atoms with E-state index in [0.717, 1.165) is 22.6 Å². The van der Waals surface area contributed by atoms with Gasteiger partial charge in [0.1, 0.15) is 0 Å². The lowest BCUT2D eigenvalue weighted by molar-refractivity contribution is 0.460. The molecular weight excluding hydrogens is 322 g/mol. The SMILES string of the molecule is c1ccc(-c2cnc(CN[C@@H](c3ccccc3)c3ccccn3)o2)cc1. The zero-order valence-electron chi connectivity index (χ0n) is 14.2. The molecule has 0 saturated carbocycles. The number of oxazole rings is 1. The first-order valence-corrected chi connectivity index (χ1v) is 8.59. The first-order chi connectivity index (χ1) is 12.9. The molecular formula is C22H19N3O. The summed E-state index contributed by atoms with van der Waals surface area (Å²) in [5, 5.41) is 3.51. The maximum absolute atomic E-state index is 5.90. The number of nitrogens with zero attached hydrogens (tertiary/aromatic N) is 2. The largest absolute Gasteiger partial charge is 0.439 e. The van der Waals surface area contributed by atoms with Gasteiger partial charge in [0.05, 0.1) is 24.5 Å². The number of hydrogen-bond donors (Lipinski definition) is 1. The van der Waals surface area contributed by atoms with Crippen LogP contribution < -0.4 is 5.32 Å². The predicted molar refractivity (Wildman–Crippen MR) is 101 cm³/mol. The van der Waals surface area contributed by atoms with E-state index in [4.69, 9.17) is 4.42 Å². The van der Waals surface area contributed by atoms with Crippen LogP contribution in [0.3, 0.4) is 0 Å². The van der Waals surface area contributed by atoms with E-state index in [0.29, 0.717) is 12.4 Å². The summed E-state index contributed by atoms with van der Waals surface area (Å²) in [5.74, 6) is 1.43. The van der Waals surface area contributed by atoms with E-state index in [1.54, 1.807) is 6.20 Å². The van der Waals surface area contributed by atoms with Gasteiger partial charge in [-0.25, -0.2) is 4.98 Å². The fourth-order valence-electron chi connectivity index (χ4n) is 2.90. The molecule has 1 N–H and O–H groups in total. The molecule has 0 spiro atoms. The van der Waals surface area contributed by atoms with Crippen LogP contribution in [-0.2, 0) is 6.54 Å². The number of aromatic nitrogens is 2. The highest BCUT2D eigenvalue weighted by Gasteiger charge is 2.16. The summed E-state index contributed by atoms with van der Waals surface area (Å²) in [6, 6.07) is 26.2. The van der Waals surface area contributed by atoms with Gasteiger partial charge in [0, 0.05) is 11.8 Å². The van der Waals surface area contributed by atoms with Gasteiger partial charge in [-0.15, -0.1) is 0 Å². The molecule has 2 aromatic heterocycles. The molecule has 4 rings (SSSR count). The summed E-state index contributed by atoms with van der Waals surface area (Å²) in [6.07, 6.45) is 3.58. The maximum Gasteiger partial charge on any atom is 0.208 e. The topological polar surface area (TPSA) is 51.0 Å². The molecule has 0 unspecified atom stereocenters. The fourth-order valence-corrected chi connectivity index (χ4v) is 2.90. The Bertz CT molecular complexity index is 897. The molecule has 4 nitrogen and oxygen atoms in total. The summed E-state index contributed by atoms with van der Waals surface area (Å²) in [6.45, 7) is 0.517. The monoisotopic (exact) mass is 341 g/mol. The van der Waals surface area contributed by atoms with Crippen molar-refractivity contribution in [3.05, 3.63) is 108 Å². The van der Waals surface area contributed by atoms with Gasteiger partial charge < -0.3 is 4.42 Å². The van der Waals surface area contributed by atoms with Crippen LogP contribution in [0.25, 0.3) is 11.3 Å². The lowest BCUT2D eigenvalue weighted by Gasteiger charge is -2.18. The second-order valence-electron chi connectivity index (χ2n) is 5.96. The van der Waals surface area contributed by atoms with Crippen molar-refractivity contribution in [2.24, 2.45) is 0 Å². The molecule has 1 atom stereocenters. The summed E-state index contributed by atoms with van der Waals surface area (Å²) in [5.41, 5.74) is 3.14. The van der Waals surface area contributed by atoms with Crippen LogP contribution in [0.2, 0.25) is 0 Å². The zero-order chi connectivity index (χ0) is 17.6. The van der Waals surface area contributed by atoms with E-state index >= 15 is 0 Å². The quantitative estimate of drug-likeness (QED) is 0.556. The Morgan fingerprint density at radius 3 is 2.27 bits per heavy atom. The van der Waals surface area contributed by atoms with Gasteiger partial charge in [0.25, 0.3) is 0 Å². The van der Waals surface area contributed by atoms with E-state index in [-0.39, 0.29) is 6.04 Å². The third-order valence-corrected chi connectivity index (χ3v) is 4.19. The maximum atomic E-state index is 5.90. The Morgan fingerprint density at radius 2 is 1.54 bits per heavy atom. The lowest BCUT2D eigenvalue weighted by atomic mass is 10.0. The van der Waals surface area contributed by atoms with E-state index in [9.17, 15) is 0 Å². The number of hydrogen-bond acceptors (Lipinski definition) is 4. The van der Waals surface area contributed by atoms with Crippen LogP contribution >= 0.6 is 0 Å². The van der Waals surface area contributed by atoms with Crippen LogP contribution in [0.5, 0.6) is 0 Å². The number of benzene rings is 2. The predicted octanol–water partition coefficient (Wildman–Crippen LogP) is 4.62. The van der Waals surface area contributed by atoms with Crippen molar-refractivity contribution in [2.75, 3.05) is 0 Å². The highest BCUT2D eigenvalue weighted by atomic mass is 16.4. The van der Waals surface area contributed by atoms with Crippen molar-refractivity contribution in [3.8, 4) is 11.3 Å². The molecule has 4 heteroatoms. The van der Waals surface area contributed by atoms with Gasteiger partial charge in [0.15, 0.2) is 5.76 Å². The molecule has 0 aliphatic heterocycles. The molecule has 26 heavy (non-hydrogen) atoms. The normalized spacial score (nSPS) is 12.0. The Labute approximate surface area is 152 Å². The highest BCUT2D eigenvalue weighted by molar-refractivity contribution is 5.55. The van der Waals surface area contributed by atoms with Crippen LogP contribution in [0, 0.1) is 0 Å². The average Bonchev–Trinajstić information content (AvgIpc) is 3.20. The third kappa shape index (κ3) is 3.71. The van der Waals surface area contributed by atoms with Crippen molar-refractivity contribution < 1.29 is 4.42 Å². The molecule has 2 heterocycles. The standard InChI is InChI=1S/C22H19N3O/c1-3-9-17(10-4-1)20-15-24-21(26-20)16-25-22(18-11-5-2-6-12-18)19-13-7-8-14-23-19/h1-15,22,25H,16H2/t22-/m0/s1. The third-order valence-electron chi connectivity index (χ3n) is 4.19. The summed E-state index contributed by atoms with van der Waals surface area (Å²) in [7, 11) is 0. The molecule has 128 valence electrons. The average molecular weight is 341 g/mol. The second-order valence-corrected chi connectivity index (χ2v) is 5.96. The fraction of sp³-hybridized carbons (Fsp3) is 0.0909. The van der Waals surface area contributed by atoms with Crippen LogP contribution in [0.4, 0.5) is 0 Å². The Kier molecular flexibility index (Phi) is 4.85. The first-order valence-electron chi connectivity index (χ1n) is 8.59. The van der Waals surface area contributed by atoms with Crippen molar-refractivity contribution in [1.82, 2.24) is 15.3 Å². The van der Waals surface area contributed by atoms with Gasteiger partial charge >= 0.3 is 0 Å². The minimum Gasteiger partial charge on any atom is -0.439 e. The van der Waals surface area contributed by atoms with Crippen LogP contribution in [0.1, 0.15) is 23.2 Å². The van der Waals surface area contributed by atoms with Crippen LogP contribution in [0.15, 0.2) is 95.7 Å². The van der Waals surface area contributed by atoms with E-state index < -0.39 is 0 Å². The van der Waals surface area contributed by atoms with Gasteiger partial charge in [-0.05, 0) is 17.7 Å². The van der Waals surface area contributed by atoms with Crippen molar-refractivity contribution in [1.29, 1.82) is 0 Å². The van der Waals surface area contributed by atoms with E-state index in [1.165, 1.54) is 0 Å². The second kappa shape index (κ2) is 7.76. The number of nitrogens with one attached hydrogen (secondary N) is 1. The summed E-state index contributed by atoms with van der Waals surface area (Å²) < 4.78 is 5.90. The highest BCUT2D eigenvalue weighted by Crippen LogP contribution is 2.22. The molecule has 0 aliphatic rings. The van der Waals surface area contributed by atoms with Gasteiger partial charge in [-0.1, -0.05) is 66.7 Å². The first kappa shape index (κ1) is 16.2.